The molecule has 0 aliphatic heterocycles. The number of nitrogens with zero attached hydrogens (tertiary/aromatic N) is 2. The Labute approximate surface area is 95.0 Å². The third-order valence-electron chi connectivity index (χ3n) is 2.84. The summed E-state index contributed by atoms with van der Waals surface area (Å²) >= 11 is 0. The lowest BCUT2D eigenvalue weighted by Gasteiger charge is -2.00. The van der Waals surface area contributed by atoms with Gasteiger partial charge in [-0.3, -0.25) is 0 Å². The molecule has 0 unspecified atom stereocenters. The normalized spacial score (nSPS) is 10.1. The summed E-state index contributed by atoms with van der Waals surface area (Å²) in [5.41, 5.74) is 4.13. The van der Waals surface area contributed by atoms with E-state index in [2.05, 4.69) is 29.5 Å². The van der Waals surface area contributed by atoms with E-state index in [4.69, 9.17) is 5.26 Å². The van der Waals surface area contributed by atoms with Gasteiger partial charge in [0.15, 0.2) is 0 Å². The van der Waals surface area contributed by atoms with E-state index in [1.807, 2.05) is 31.2 Å². The highest BCUT2D eigenvalue weighted by Gasteiger charge is 2.16. The van der Waals surface area contributed by atoms with Crippen molar-refractivity contribution in [3.63, 3.8) is 0 Å². The minimum absolute atomic E-state index is 0.687. The molecule has 0 radical (unpaired) electrons. The van der Waals surface area contributed by atoms with Gasteiger partial charge >= 0.3 is 0 Å². The average molecular weight is 212 g/mol. The Morgan fingerprint density at radius 2 is 1.75 bits per heavy atom. The van der Waals surface area contributed by atoms with Gasteiger partial charge in [0, 0.05) is 20.8 Å². The van der Waals surface area contributed by atoms with Crippen LogP contribution in [0.2, 0.25) is 0 Å². The molecule has 0 aliphatic carbocycles. The molecule has 1 aromatic carbocycles. The fourth-order valence-electron chi connectivity index (χ4n) is 1.91. The molecule has 0 bridgehead atoms. The second-order valence-corrected chi connectivity index (χ2v) is 3.91. The minimum atomic E-state index is 0.687. The predicted octanol–water partition coefficient (Wildman–Crippen LogP) is 2.09. The second-order valence-electron chi connectivity index (χ2n) is 3.91. The van der Waals surface area contributed by atoms with Crippen LogP contribution in [0.15, 0.2) is 24.3 Å². The van der Waals surface area contributed by atoms with Crippen molar-refractivity contribution in [1.82, 2.24) is 4.98 Å². The van der Waals surface area contributed by atoms with Gasteiger partial charge in [-0.2, -0.15) is 9.83 Å². The largest absolute Gasteiger partial charge is 0.256 e. The highest BCUT2D eigenvalue weighted by Crippen LogP contribution is 2.08. The molecule has 3 heteroatoms. The van der Waals surface area contributed by atoms with Crippen molar-refractivity contribution in [3.05, 3.63) is 47.0 Å². The molecule has 16 heavy (non-hydrogen) atoms. The van der Waals surface area contributed by atoms with Gasteiger partial charge < -0.3 is 0 Å². The van der Waals surface area contributed by atoms with E-state index in [0.29, 0.717) is 5.56 Å². The molecule has 2 rings (SSSR count). The molecule has 2 aromatic rings. The van der Waals surface area contributed by atoms with Gasteiger partial charge in [0.25, 0.3) is 5.82 Å². The van der Waals surface area contributed by atoms with Gasteiger partial charge in [0.05, 0.1) is 11.6 Å². The lowest BCUT2D eigenvalue weighted by Crippen LogP contribution is -2.34. The molecule has 0 saturated heterocycles. The van der Waals surface area contributed by atoms with E-state index in [9.17, 15) is 0 Å². The Morgan fingerprint density at radius 1 is 1.12 bits per heavy atom. The number of benzene rings is 1. The molecule has 1 N–H and O–H groups in total. The van der Waals surface area contributed by atoms with Crippen LogP contribution in [0.5, 0.6) is 0 Å². The molecule has 0 fully saturated rings. The highest BCUT2D eigenvalue weighted by molar-refractivity contribution is 5.35. The third kappa shape index (κ3) is 1.59. The van der Waals surface area contributed by atoms with Crippen molar-refractivity contribution < 1.29 is 4.57 Å². The molecule has 0 aliphatic rings. The van der Waals surface area contributed by atoms with Crippen molar-refractivity contribution in [2.24, 2.45) is 0 Å². The number of nitrogens with one attached hydrogen (secondary N) is 1. The zero-order valence-electron chi connectivity index (χ0n) is 9.70. The van der Waals surface area contributed by atoms with Crippen molar-refractivity contribution in [1.29, 1.82) is 5.26 Å². The summed E-state index contributed by atoms with van der Waals surface area (Å²) in [7, 11) is 0. The Hall–Kier alpha value is -2.08. The van der Waals surface area contributed by atoms with E-state index < -0.39 is 0 Å². The number of imidazole rings is 1. The molecule has 0 amide bonds. The van der Waals surface area contributed by atoms with Crippen molar-refractivity contribution in [2.75, 3.05) is 0 Å². The van der Waals surface area contributed by atoms with Crippen LogP contribution in [-0.4, -0.2) is 4.98 Å². The number of hydrogen-bond acceptors (Lipinski definition) is 1. The number of nitriles is 1. The number of H-pyrrole nitrogens is 1. The molecule has 80 valence electrons. The van der Waals surface area contributed by atoms with Gasteiger partial charge in [-0.1, -0.05) is 0 Å². The Morgan fingerprint density at radius 3 is 2.19 bits per heavy atom. The van der Waals surface area contributed by atoms with E-state index in [0.717, 1.165) is 11.5 Å². The molecule has 0 saturated carbocycles. The molecule has 3 nitrogen and oxygen atoms in total. The van der Waals surface area contributed by atoms with Gasteiger partial charge in [-0.15, -0.1) is 0 Å². The summed E-state index contributed by atoms with van der Waals surface area (Å²) < 4.78 is 2.15. The Bertz CT molecular complexity index is 556. The van der Waals surface area contributed by atoms with Crippen molar-refractivity contribution in [3.8, 4) is 11.8 Å². The molecule has 0 spiro atoms. The van der Waals surface area contributed by atoms with E-state index >= 15 is 0 Å². The monoisotopic (exact) mass is 212 g/mol. The second kappa shape index (κ2) is 3.82. The van der Waals surface area contributed by atoms with Crippen molar-refractivity contribution in [2.45, 2.75) is 20.8 Å². The van der Waals surface area contributed by atoms with Crippen LogP contribution >= 0.6 is 0 Å². The van der Waals surface area contributed by atoms with Crippen LogP contribution in [0.4, 0.5) is 0 Å². The van der Waals surface area contributed by atoms with Gasteiger partial charge in [0.1, 0.15) is 17.1 Å². The summed E-state index contributed by atoms with van der Waals surface area (Å²) in [6, 6.07) is 9.72. The topological polar surface area (TPSA) is 43.5 Å². The van der Waals surface area contributed by atoms with E-state index in [1.54, 1.807) is 0 Å². The fourth-order valence-corrected chi connectivity index (χ4v) is 1.91. The summed E-state index contributed by atoms with van der Waals surface area (Å²) in [6.45, 7) is 6.18. The number of rotatable bonds is 1. The van der Waals surface area contributed by atoms with Crippen LogP contribution in [0.25, 0.3) is 5.69 Å². The molecule has 1 aromatic heterocycles. The molecular formula is C13H14N3+. The first-order valence-corrected chi connectivity index (χ1v) is 5.22. The third-order valence-corrected chi connectivity index (χ3v) is 2.84. The zero-order valence-corrected chi connectivity index (χ0v) is 9.70. The lowest BCUT2D eigenvalue weighted by atomic mass is 10.2. The maximum atomic E-state index is 8.75. The Kier molecular flexibility index (Phi) is 2.49. The molecule has 0 atom stereocenters. The van der Waals surface area contributed by atoms with Crippen LogP contribution in [-0.2, 0) is 0 Å². The first-order valence-electron chi connectivity index (χ1n) is 5.22. The lowest BCUT2D eigenvalue weighted by molar-refractivity contribution is -0.608. The number of aryl methyl sites for hydroxylation is 2. The van der Waals surface area contributed by atoms with Crippen LogP contribution in [0.3, 0.4) is 0 Å². The average Bonchev–Trinajstić information content (AvgIpc) is 2.54. The fraction of sp³-hybridized carbons (Fsp3) is 0.231. The summed E-state index contributed by atoms with van der Waals surface area (Å²) in [4.78, 5) is 3.30. The van der Waals surface area contributed by atoms with Gasteiger partial charge in [-0.25, -0.2) is 4.98 Å². The Balaban J connectivity index is 2.55. The molecule has 1 heterocycles. The maximum absolute atomic E-state index is 8.75. The van der Waals surface area contributed by atoms with Gasteiger partial charge in [-0.05, 0) is 24.3 Å². The van der Waals surface area contributed by atoms with E-state index in [1.165, 1.54) is 11.4 Å². The number of aromatic nitrogens is 2. The van der Waals surface area contributed by atoms with Crippen LogP contribution in [0, 0.1) is 32.1 Å². The number of hydrogen-bond donors (Lipinski definition) is 1. The first kappa shape index (κ1) is 10.4. The van der Waals surface area contributed by atoms with Crippen molar-refractivity contribution >= 4 is 0 Å². The van der Waals surface area contributed by atoms with Crippen LogP contribution in [0.1, 0.15) is 22.8 Å². The quantitative estimate of drug-likeness (QED) is 0.723. The summed E-state index contributed by atoms with van der Waals surface area (Å²) in [5, 5.41) is 8.75. The molecular weight excluding hydrogens is 198 g/mol. The summed E-state index contributed by atoms with van der Waals surface area (Å²) in [5.74, 6) is 1.10. The van der Waals surface area contributed by atoms with E-state index in [-0.39, 0.29) is 0 Å². The highest BCUT2D eigenvalue weighted by atomic mass is 15.1. The maximum Gasteiger partial charge on any atom is 0.256 e. The predicted molar refractivity (Wildman–Crippen MR) is 61.3 cm³/mol. The number of aromatic amines is 1. The van der Waals surface area contributed by atoms with Crippen LogP contribution < -0.4 is 4.57 Å². The smallest absolute Gasteiger partial charge is 0.245 e. The first-order chi connectivity index (χ1) is 7.63. The minimum Gasteiger partial charge on any atom is -0.245 e. The van der Waals surface area contributed by atoms with Gasteiger partial charge in [0.2, 0.25) is 0 Å². The standard InChI is InChI=1S/C13H13N3/c1-9-10(2)16(11(3)15-9)13-6-4-12(8-14)5-7-13/h4-7H,1-3H3/p+1. The zero-order chi connectivity index (χ0) is 11.7. The SMILES string of the molecule is Cc1[nH]c(C)[n+](-c2ccc(C#N)cc2)c1C. The summed E-state index contributed by atoms with van der Waals surface area (Å²) in [6.07, 6.45) is 0.